The molecule has 1 saturated heterocycles. The maximum absolute atomic E-state index is 12.7. The van der Waals surface area contributed by atoms with Crippen LogP contribution in [-0.2, 0) is 12.7 Å². The van der Waals surface area contributed by atoms with Crippen LogP contribution in [0.5, 0.6) is 0 Å². The van der Waals surface area contributed by atoms with Crippen molar-refractivity contribution in [2.75, 3.05) is 19.6 Å². The van der Waals surface area contributed by atoms with Gasteiger partial charge in [-0.15, -0.1) is 0 Å². The quantitative estimate of drug-likeness (QED) is 0.826. The highest BCUT2D eigenvalue weighted by Gasteiger charge is 2.30. The molecule has 2 aromatic carbocycles. The fourth-order valence-electron chi connectivity index (χ4n) is 3.57. The third kappa shape index (κ3) is 4.46. The van der Waals surface area contributed by atoms with Gasteiger partial charge in [-0.05, 0) is 34.7 Å². The van der Waals surface area contributed by atoms with Gasteiger partial charge in [0, 0.05) is 32.2 Å². The molecular formula is C21H25F3N2. The molecule has 0 aliphatic carbocycles. The van der Waals surface area contributed by atoms with Gasteiger partial charge in [-0.1, -0.05) is 50.2 Å². The largest absolute Gasteiger partial charge is 0.416 e. The van der Waals surface area contributed by atoms with Crippen molar-refractivity contribution in [2.45, 2.75) is 38.5 Å². The van der Waals surface area contributed by atoms with Gasteiger partial charge in [-0.2, -0.15) is 13.2 Å². The van der Waals surface area contributed by atoms with E-state index in [0.29, 0.717) is 12.5 Å². The molecule has 5 heteroatoms. The molecule has 0 radical (unpaired) electrons. The molecule has 0 saturated carbocycles. The number of halogens is 3. The van der Waals surface area contributed by atoms with E-state index in [4.69, 9.17) is 0 Å². The summed E-state index contributed by atoms with van der Waals surface area (Å²) in [7, 11) is 0. The van der Waals surface area contributed by atoms with Crippen LogP contribution < -0.4 is 5.32 Å². The molecule has 0 spiro atoms. The third-order valence-corrected chi connectivity index (χ3v) is 4.94. The summed E-state index contributed by atoms with van der Waals surface area (Å²) in [5.41, 5.74) is 2.99. The Kier molecular flexibility index (Phi) is 5.68. The van der Waals surface area contributed by atoms with Crippen molar-refractivity contribution in [1.29, 1.82) is 0 Å². The van der Waals surface area contributed by atoms with Crippen molar-refractivity contribution < 1.29 is 13.2 Å². The van der Waals surface area contributed by atoms with E-state index in [1.807, 2.05) is 0 Å². The van der Waals surface area contributed by atoms with E-state index in [0.717, 1.165) is 25.2 Å². The van der Waals surface area contributed by atoms with E-state index in [1.54, 1.807) is 12.1 Å². The molecule has 1 heterocycles. The zero-order valence-corrected chi connectivity index (χ0v) is 15.2. The predicted octanol–water partition coefficient (Wildman–Crippen LogP) is 4.98. The Bertz CT molecular complexity index is 723. The first-order valence-corrected chi connectivity index (χ1v) is 9.05. The first kappa shape index (κ1) is 18.9. The highest BCUT2D eigenvalue weighted by Crippen LogP contribution is 2.30. The second-order valence-electron chi connectivity index (χ2n) is 7.22. The van der Waals surface area contributed by atoms with E-state index >= 15 is 0 Å². The molecule has 2 aromatic rings. The number of nitrogens with one attached hydrogen (secondary N) is 1. The first-order valence-electron chi connectivity index (χ1n) is 9.05. The zero-order chi connectivity index (χ0) is 18.7. The van der Waals surface area contributed by atoms with Crippen LogP contribution in [0.1, 0.15) is 48.1 Å². The summed E-state index contributed by atoms with van der Waals surface area (Å²) in [5.74, 6) is 0.457. The molecule has 1 fully saturated rings. The highest BCUT2D eigenvalue weighted by molar-refractivity contribution is 5.33. The minimum absolute atomic E-state index is 0.247. The van der Waals surface area contributed by atoms with Crippen LogP contribution in [-0.4, -0.2) is 24.5 Å². The maximum Gasteiger partial charge on any atom is 0.416 e. The van der Waals surface area contributed by atoms with Gasteiger partial charge in [0.2, 0.25) is 0 Å². The average molecular weight is 362 g/mol. The summed E-state index contributed by atoms with van der Waals surface area (Å²) in [6.45, 7) is 7.67. The summed E-state index contributed by atoms with van der Waals surface area (Å²) >= 11 is 0. The molecule has 1 N–H and O–H groups in total. The van der Waals surface area contributed by atoms with Gasteiger partial charge in [0.15, 0.2) is 0 Å². The van der Waals surface area contributed by atoms with Gasteiger partial charge in [0.25, 0.3) is 0 Å². The Balaban J connectivity index is 1.69. The Morgan fingerprint density at radius 2 is 1.77 bits per heavy atom. The molecule has 0 aromatic heterocycles. The van der Waals surface area contributed by atoms with Crippen LogP contribution in [0, 0.1) is 0 Å². The van der Waals surface area contributed by atoms with Gasteiger partial charge in [0.05, 0.1) is 5.56 Å². The summed E-state index contributed by atoms with van der Waals surface area (Å²) in [5, 5.41) is 3.59. The molecule has 2 nitrogen and oxygen atoms in total. The maximum atomic E-state index is 12.7. The van der Waals surface area contributed by atoms with E-state index in [9.17, 15) is 13.2 Å². The Hall–Kier alpha value is -1.85. The molecule has 1 atom stereocenters. The molecule has 26 heavy (non-hydrogen) atoms. The molecule has 1 aliphatic heterocycles. The SMILES string of the molecule is CC(C)c1ccccc1[C@@H]1CN(Cc2ccc(C(F)(F)F)cc2)CCN1. The fraction of sp³-hybridized carbons (Fsp3) is 0.429. The zero-order valence-electron chi connectivity index (χ0n) is 15.2. The van der Waals surface area contributed by atoms with Crippen molar-refractivity contribution in [2.24, 2.45) is 0 Å². The Labute approximate surface area is 153 Å². The molecule has 140 valence electrons. The predicted molar refractivity (Wildman–Crippen MR) is 98.0 cm³/mol. The minimum atomic E-state index is -4.28. The summed E-state index contributed by atoms with van der Waals surface area (Å²) < 4.78 is 38.1. The average Bonchev–Trinajstić information content (AvgIpc) is 2.61. The molecule has 0 bridgehead atoms. The van der Waals surface area contributed by atoms with Crippen LogP contribution in [0.2, 0.25) is 0 Å². The van der Waals surface area contributed by atoms with Gasteiger partial charge in [-0.25, -0.2) is 0 Å². The van der Waals surface area contributed by atoms with Crippen LogP contribution in [0.4, 0.5) is 13.2 Å². The second kappa shape index (κ2) is 7.80. The molecular weight excluding hydrogens is 337 g/mol. The van der Waals surface area contributed by atoms with Crippen molar-refractivity contribution in [3.8, 4) is 0 Å². The number of benzene rings is 2. The first-order chi connectivity index (χ1) is 12.3. The van der Waals surface area contributed by atoms with Gasteiger partial charge >= 0.3 is 6.18 Å². The number of hydrogen-bond acceptors (Lipinski definition) is 2. The van der Waals surface area contributed by atoms with Crippen LogP contribution in [0.15, 0.2) is 48.5 Å². The third-order valence-electron chi connectivity index (χ3n) is 4.94. The van der Waals surface area contributed by atoms with Crippen LogP contribution in [0.25, 0.3) is 0 Å². The van der Waals surface area contributed by atoms with Crippen LogP contribution in [0.3, 0.4) is 0 Å². The van der Waals surface area contributed by atoms with Crippen molar-refractivity contribution in [3.05, 3.63) is 70.8 Å². The molecule has 0 unspecified atom stereocenters. The molecule has 0 amide bonds. The standard InChI is InChI=1S/C21H25F3N2/c1-15(2)18-5-3-4-6-19(18)20-14-26(12-11-25-20)13-16-7-9-17(10-8-16)21(22,23)24/h3-10,15,20,25H,11-14H2,1-2H3/t20-/m0/s1. The van der Waals surface area contributed by atoms with Gasteiger partial charge in [-0.3, -0.25) is 4.90 Å². The Morgan fingerprint density at radius 3 is 2.42 bits per heavy atom. The summed E-state index contributed by atoms with van der Waals surface area (Å²) in [6, 6.07) is 14.2. The number of piperazine rings is 1. The van der Waals surface area contributed by atoms with Crippen molar-refractivity contribution in [1.82, 2.24) is 10.2 Å². The Morgan fingerprint density at radius 1 is 1.08 bits per heavy atom. The minimum Gasteiger partial charge on any atom is -0.308 e. The van der Waals surface area contributed by atoms with E-state index in [-0.39, 0.29) is 6.04 Å². The lowest BCUT2D eigenvalue weighted by atomic mass is 9.92. The van der Waals surface area contributed by atoms with Crippen LogP contribution >= 0.6 is 0 Å². The normalized spacial score (nSPS) is 19.1. The van der Waals surface area contributed by atoms with Crippen molar-refractivity contribution in [3.63, 3.8) is 0 Å². The highest BCUT2D eigenvalue weighted by atomic mass is 19.4. The molecule has 3 rings (SSSR count). The monoisotopic (exact) mass is 362 g/mol. The van der Waals surface area contributed by atoms with E-state index in [2.05, 4.69) is 48.3 Å². The lowest BCUT2D eigenvalue weighted by Crippen LogP contribution is -2.45. The summed E-state index contributed by atoms with van der Waals surface area (Å²) in [4.78, 5) is 2.31. The number of alkyl halides is 3. The van der Waals surface area contributed by atoms with E-state index in [1.165, 1.54) is 23.3 Å². The van der Waals surface area contributed by atoms with Gasteiger partial charge in [0.1, 0.15) is 0 Å². The van der Waals surface area contributed by atoms with E-state index < -0.39 is 11.7 Å². The lowest BCUT2D eigenvalue weighted by Gasteiger charge is -2.35. The smallest absolute Gasteiger partial charge is 0.308 e. The van der Waals surface area contributed by atoms with Gasteiger partial charge < -0.3 is 5.32 Å². The molecule has 1 aliphatic rings. The fourth-order valence-corrected chi connectivity index (χ4v) is 3.57. The topological polar surface area (TPSA) is 15.3 Å². The number of nitrogens with zero attached hydrogens (tertiary/aromatic N) is 1. The summed E-state index contributed by atoms with van der Waals surface area (Å²) in [6.07, 6.45) is -4.28. The lowest BCUT2D eigenvalue weighted by molar-refractivity contribution is -0.137. The van der Waals surface area contributed by atoms with Crippen molar-refractivity contribution >= 4 is 0 Å². The number of rotatable bonds is 4. The second-order valence-corrected chi connectivity index (χ2v) is 7.22. The number of hydrogen-bond donors (Lipinski definition) is 1.